The van der Waals surface area contributed by atoms with Crippen molar-refractivity contribution in [2.75, 3.05) is 32.1 Å². The number of carbonyl (C=O) groups is 1. The summed E-state index contributed by atoms with van der Waals surface area (Å²) in [6, 6.07) is 3.26. The van der Waals surface area contributed by atoms with Gasteiger partial charge in [0.15, 0.2) is 5.82 Å². The van der Waals surface area contributed by atoms with Crippen molar-refractivity contribution in [3.8, 4) is 11.5 Å². The van der Waals surface area contributed by atoms with Crippen molar-refractivity contribution in [1.29, 1.82) is 0 Å². The summed E-state index contributed by atoms with van der Waals surface area (Å²) in [5.41, 5.74) is 1.35. The van der Waals surface area contributed by atoms with Crippen molar-refractivity contribution >= 4 is 11.7 Å². The predicted octanol–water partition coefficient (Wildman–Crippen LogP) is 2.61. The van der Waals surface area contributed by atoms with Gasteiger partial charge in [-0.2, -0.15) is 18.6 Å². The van der Waals surface area contributed by atoms with E-state index >= 15 is 0 Å². The third kappa shape index (κ3) is 4.35. The van der Waals surface area contributed by atoms with Crippen LogP contribution in [0.5, 0.6) is 0 Å². The van der Waals surface area contributed by atoms with Crippen molar-refractivity contribution < 1.29 is 13.6 Å². The van der Waals surface area contributed by atoms with E-state index in [1.165, 1.54) is 12.3 Å². The number of carbonyl (C=O) groups excluding carboxylic acids is 1. The molecular formula is C20H22F2N8O. The standard InChI is InChI=1S/C20H22F2N8O/c1-28(2)17-11-14(26-18(27-17)15-12-23-7-8-24-15)13-4-9-29(10-5-13)19(31)16-3-6-25-30(16)20(21)22/h3,6-8,11-13,20H,4-5,9-10H2,1-2H3. The highest BCUT2D eigenvalue weighted by Gasteiger charge is 2.29. The number of likely N-dealkylation sites (tertiary alicyclic amines) is 1. The molecule has 0 aromatic carbocycles. The van der Waals surface area contributed by atoms with Gasteiger partial charge in [-0.25, -0.2) is 15.0 Å². The fourth-order valence-corrected chi connectivity index (χ4v) is 3.60. The lowest BCUT2D eigenvalue weighted by Gasteiger charge is -2.32. The van der Waals surface area contributed by atoms with E-state index in [-0.39, 0.29) is 11.6 Å². The van der Waals surface area contributed by atoms with Gasteiger partial charge in [0.25, 0.3) is 5.91 Å². The zero-order valence-electron chi connectivity index (χ0n) is 17.2. The molecule has 9 nitrogen and oxygen atoms in total. The number of nitrogens with zero attached hydrogens (tertiary/aromatic N) is 8. The molecule has 0 atom stereocenters. The number of halogens is 2. The topological polar surface area (TPSA) is 92.9 Å². The molecule has 1 saturated heterocycles. The largest absolute Gasteiger partial charge is 0.363 e. The molecule has 0 spiro atoms. The number of anilines is 1. The van der Waals surface area contributed by atoms with Crippen molar-refractivity contribution in [3.05, 3.63) is 48.3 Å². The minimum absolute atomic E-state index is 0.102. The Morgan fingerprint density at radius 2 is 1.94 bits per heavy atom. The fourth-order valence-electron chi connectivity index (χ4n) is 3.60. The van der Waals surface area contributed by atoms with E-state index in [1.54, 1.807) is 23.5 Å². The van der Waals surface area contributed by atoms with Crippen molar-refractivity contribution in [2.24, 2.45) is 0 Å². The summed E-state index contributed by atoms with van der Waals surface area (Å²) < 4.78 is 26.6. The Labute approximate surface area is 177 Å². The van der Waals surface area contributed by atoms with Crippen LogP contribution in [-0.2, 0) is 0 Å². The van der Waals surface area contributed by atoms with E-state index in [0.29, 0.717) is 42.1 Å². The van der Waals surface area contributed by atoms with Crippen LogP contribution in [0.3, 0.4) is 0 Å². The van der Waals surface area contributed by atoms with Gasteiger partial charge in [0, 0.05) is 63.5 Å². The molecule has 3 aromatic heterocycles. The molecule has 1 aliphatic rings. The van der Waals surface area contributed by atoms with Crippen LogP contribution in [0.4, 0.5) is 14.6 Å². The van der Waals surface area contributed by atoms with Crippen LogP contribution in [0.25, 0.3) is 11.5 Å². The molecule has 11 heteroatoms. The van der Waals surface area contributed by atoms with Crippen molar-refractivity contribution in [2.45, 2.75) is 25.3 Å². The molecule has 4 heterocycles. The molecule has 1 fully saturated rings. The van der Waals surface area contributed by atoms with Crippen LogP contribution in [0.2, 0.25) is 0 Å². The first-order valence-electron chi connectivity index (χ1n) is 9.87. The first-order chi connectivity index (χ1) is 14.9. The SMILES string of the molecule is CN(C)c1cc(C2CCN(C(=O)c3ccnn3C(F)F)CC2)nc(-c2cnccn2)n1. The van der Waals surface area contributed by atoms with E-state index in [9.17, 15) is 13.6 Å². The molecule has 0 bridgehead atoms. The molecule has 162 valence electrons. The number of rotatable bonds is 5. The number of hydrogen-bond donors (Lipinski definition) is 0. The van der Waals surface area contributed by atoms with Crippen molar-refractivity contribution in [3.63, 3.8) is 0 Å². The summed E-state index contributed by atoms with van der Waals surface area (Å²) in [6.07, 6.45) is 7.34. The average Bonchev–Trinajstić information content (AvgIpc) is 3.29. The highest BCUT2D eigenvalue weighted by Crippen LogP contribution is 2.30. The maximum absolute atomic E-state index is 13.1. The molecule has 1 amide bonds. The summed E-state index contributed by atoms with van der Waals surface area (Å²) in [5.74, 6) is 0.924. The summed E-state index contributed by atoms with van der Waals surface area (Å²) in [6.45, 7) is -1.96. The number of hydrogen-bond acceptors (Lipinski definition) is 7. The summed E-state index contributed by atoms with van der Waals surface area (Å²) in [5, 5.41) is 3.55. The first-order valence-corrected chi connectivity index (χ1v) is 9.87. The molecule has 3 aromatic rings. The third-order valence-electron chi connectivity index (χ3n) is 5.26. The molecular weight excluding hydrogens is 406 g/mol. The quantitative estimate of drug-likeness (QED) is 0.617. The summed E-state index contributed by atoms with van der Waals surface area (Å²) >= 11 is 0. The Bertz CT molecular complexity index is 1050. The smallest absolute Gasteiger partial charge is 0.333 e. The lowest BCUT2D eigenvalue weighted by atomic mass is 9.93. The highest BCUT2D eigenvalue weighted by atomic mass is 19.3. The van der Waals surface area contributed by atoms with Crippen LogP contribution in [-0.4, -0.2) is 67.7 Å². The summed E-state index contributed by atoms with van der Waals surface area (Å²) in [4.78, 5) is 33.8. The monoisotopic (exact) mass is 428 g/mol. The molecule has 0 N–H and O–H groups in total. The lowest BCUT2D eigenvalue weighted by Crippen LogP contribution is -2.39. The molecule has 0 saturated carbocycles. The molecule has 0 aliphatic carbocycles. The normalized spacial score (nSPS) is 14.8. The fraction of sp³-hybridized carbons (Fsp3) is 0.400. The van der Waals surface area contributed by atoms with Gasteiger partial charge in [0.05, 0.1) is 6.20 Å². The zero-order chi connectivity index (χ0) is 22.0. The number of alkyl halides is 2. The van der Waals surface area contributed by atoms with Gasteiger partial charge in [-0.05, 0) is 18.9 Å². The molecule has 31 heavy (non-hydrogen) atoms. The van der Waals surface area contributed by atoms with Gasteiger partial charge < -0.3 is 9.80 Å². The number of amides is 1. The minimum Gasteiger partial charge on any atom is -0.363 e. The molecule has 4 rings (SSSR count). The van der Waals surface area contributed by atoms with Gasteiger partial charge >= 0.3 is 6.55 Å². The Kier molecular flexibility index (Phi) is 5.83. The van der Waals surface area contributed by atoms with Crippen LogP contribution in [0.15, 0.2) is 36.9 Å². The van der Waals surface area contributed by atoms with Crippen LogP contribution in [0, 0.1) is 0 Å². The second-order valence-corrected chi connectivity index (χ2v) is 7.46. The first kappa shape index (κ1) is 20.8. The van der Waals surface area contributed by atoms with E-state index in [1.807, 2.05) is 25.1 Å². The lowest BCUT2D eigenvalue weighted by molar-refractivity contribution is 0.0451. The molecule has 0 unspecified atom stereocenters. The maximum atomic E-state index is 13.1. The zero-order valence-corrected chi connectivity index (χ0v) is 17.2. The number of piperidine rings is 1. The second kappa shape index (κ2) is 8.70. The van der Waals surface area contributed by atoms with E-state index < -0.39 is 12.5 Å². The maximum Gasteiger partial charge on any atom is 0.333 e. The Morgan fingerprint density at radius 3 is 2.58 bits per heavy atom. The van der Waals surface area contributed by atoms with Gasteiger partial charge in [0.1, 0.15) is 17.2 Å². The highest BCUT2D eigenvalue weighted by molar-refractivity contribution is 5.92. The van der Waals surface area contributed by atoms with Crippen LogP contribution >= 0.6 is 0 Å². The van der Waals surface area contributed by atoms with Crippen LogP contribution in [0.1, 0.15) is 41.5 Å². The van der Waals surface area contributed by atoms with Gasteiger partial charge in [-0.3, -0.25) is 9.78 Å². The Balaban J connectivity index is 1.52. The average molecular weight is 428 g/mol. The van der Waals surface area contributed by atoms with Crippen LogP contribution < -0.4 is 4.90 Å². The predicted molar refractivity (Wildman–Crippen MR) is 109 cm³/mol. The number of aromatic nitrogens is 6. The minimum atomic E-state index is -2.85. The van der Waals surface area contributed by atoms with Gasteiger partial charge in [0.2, 0.25) is 0 Å². The summed E-state index contributed by atoms with van der Waals surface area (Å²) in [7, 11) is 3.81. The van der Waals surface area contributed by atoms with Gasteiger partial charge in [-0.15, -0.1) is 0 Å². The third-order valence-corrected chi connectivity index (χ3v) is 5.26. The van der Waals surface area contributed by atoms with E-state index in [0.717, 1.165) is 11.5 Å². The van der Waals surface area contributed by atoms with E-state index in [4.69, 9.17) is 4.98 Å². The van der Waals surface area contributed by atoms with Crippen molar-refractivity contribution in [1.82, 2.24) is 34.6 Å². The molecule has 1 aliphatic heterocycles. The van der Waals surface area contributed by atoms with Gasteiger partial charge in [-0.1, -0.05) is 0 Å². The Hall–Kier alpha value is -3.50. The molecule has 0 radical (unpaired) electrons. The Morgan fingerprint density at radius 1 is 1.16 bits per heavy atom. The van der Waals surface area contributed by atoms with E-state index in [2.05, 4.69) is 20.1 Å². The second-order valence-electron chi connectivity index (χ2n) is 7.46.